The van der Waals surface area contributed by atoms with Gasteiger partial charge in [0.1, 0.15) is 16.1 Å². The summed E-state index contributed by atoms with van der Waals surface area (Å²) in [7, 11) is 1.61. The average molecular weight is 504 g/mol. The van der Waals surface area contributed by atoms with Crippen molar-refractivity contribution in [1.29, 1.82) is 0 Å². The lowest BCUT2D eigenvalue weighted by molar-refractivity contribution is -0.141. The fourth-order valence-corrected chi connectivity index (χ4v) is 5.42. The highest BCUT2D eigenvalue weighted by molar-refractivity contribution is 7.23. The van der Waals surface area contributed by atoms with E-state index in [0.29, 0.717) is 27.0 Å². The van der Waals surface area contributed by atoms with E-state index < -0.39 is 18.1 Å². The molecule has 5 N–H and O–H groups in total. The number of rotatable bonds is 5. The highest BCUT2D eigenvalue weighted by Gasteiger charge is 2.39. The van der Waals surface area contributed by atoms with Gasteiger partial charge in [0, 0.05) is 13.6 Å². The monoisotopic (exact) mass is 502 g/mol. The minimum atomic E-state index is -1.29. The maximum absolute atomic E-state index is 13.0. The second kappa shape index (κ2) is 9.36. The lowest BCUT2D eigenvalue weighted by Gasteiger charge is -2.32. The number of H-pyrrole nitrogens is 1. The molecule has 1 aromatic carbocycles. The number of nitrogens with zero attached hydrogens (tertiary/aromatic N) is 1. The highest BCUT2D eigenvalue weighted by Crippen LogP contribution is 2.39. The van der Waals surface area contributed by atoms with Crippen molar-refractivity contribution in [1.82, 2.24) is 15.2 Å². The van der Waals surface area contributed by atoms with E-state index in [-0.39, 0.29) is 30.9 Å². The van der Waals surface area contributed by atoms with Crippen molar-refractivity contribution < 1.29 is 14.7 Å². The van der Waals surface area contributed by atoms with Crippen LogP contribution in [-0.4, -0.2) is 52.5 Å². The zero-order valence-corrected chi connectivity index (χ0v) is 19.5. The number of aromatic amines is 1. The van der Waals surface area contributed by atoms with Gasteiger partial charge in [-0.2, -0.15) is 0 Å². The smallest absolute Gasteiger partial charge is 0.268 e. The normalized spacial score (nSPS) is 18.4. The number of carbonyl (C=O) groups is 2. The lowest BCUT2D eigenvalue weighted by atomic mass is 10.0. The van der Waals surface area contributed by atoms with Crippen LogP contribution in [0, 0.1) is 0 Å². The van der Waals surface area contributed by atoms with Crippen molar-refractivity contribution in [2.75, 3.05) is 13.6 Å². The Kier molecular flexibility index (Phi) is 7.20. The number of thiophene rings is 1. The molecule has 0 fully saturated rings. The van der Waals surface area contributed by atoms with E-state index in [4.69, 9.17) is 28.9 Å². The van der Waals surface area contributed by atoms with Crippen LogP contribution >= 0.6 is 46.9 Å². The molecule has 11 heteroatoms. The molecule has 1 aliphatic carbocycles. The molecule has 0 saturated carbocycles. The Morgan fingerprint density at radius 1 is 1.39 bits per heavy atom. The number of nitrogens with two attached hydrogens (primary N) is 1. The summed E-state index contributed by atoms with van der Waals surface area (Å²) in [5, 5.41) is 13.3. The molecule has 3 atom stereocenters. The number of amides is 2. The van der Waals surface area contributed by atoms with Crippen molar-refractivity contribution in [2.45, 2.75) is 24.6 Å². The van der Waals surface area contributed by atoms with Crippen LogP contribution in [0.4, 0.5) is 0 Å². The summed E-state index contributed by atoms with van der Waals surface area (Å²) in [5.41, 5.74) is 8.42. The number of benzene rings is 1. The van der Waals surface area contributed by atoms with E-state index in [9.17, 15) is 14.7 Å². The number of fused-ring (bicyclic) bond motifs is 2. The largest absolute Gasteiger partial charge is 0.382 e. The molecule has 7 nitrogen and oxygen atoms in total. The van der Waals surface area contributed by atoms with Crippen LogP contribution < -0.4 is 11.1 Å². The fourth-order valence-electron chi connectivity index (χ4n) is 3.94. The second-order valence-corrected chi connectivity index (χ2v) is 9.27. The lowest BCUT2D eigenvalue weighted by Crippen LogP contribution is -2.49. The second-order valence-electron chi connectivity index (χ2n) is 7.24. The Hall–Kier alpha value is -1.81. The van der Waals surface area contributed by atoms with Gasteiger partial charge in [0.2, 0.25) is 0 Å². The first-order chi connectivity index (χ1) is 14.3. The SMILES string of the molecule is CN(C(=O)[C@@H](O)CN)[C@@H]1c2ccccc2C[C@H]1NC(=O)c1cc2sc(Cl)c(Cl)c2[nH]1.Cl. The minimum Gasteiger partial charge on any atom is -0.382 e. The van der Waals surface area contributed by atoms with Crippen molar-refractivity contribution in [3.8, 4) is 0 Å². The molecule has 166 valence electrons. The summed E-state index contributed by atoms with van der Waals surface area (Å²) in [5.74, 6) is -0.797. The summed E-state index contributed by atoms with van der Waals surface area (Å²) >= 11 is 13.5. The molecule has 0 aliphatic heterocycles. The molecule has 0 unspecified atom stereocenters. The molecule has 0 bridgehead atoms. The molecule has 0 radical (unpaired) electrons. The standard InChI is InChI=1S/C20H20Cl2N4O3S.ClH/c1-26(20(29)13(27)8-23)17-10-5-3-2-4-9(10)6-11(17)25-19(28)12-7-14-16(24-12)15(21)18(22)30-14;/h2-5,7,11,13,17,24,27H,6,8,23H2,1H3,(H,25,28);1H/t11-,13+,17-;/m1./s1. The first-order valence-electron chi connectivity index (χ1n) is 9.31. The van der Waals surface area contributed by atoms with Crippen molar-refractivity contribution in [3.05, 3.63) is 56.5 Å². The van der Waals surface area contributed by atoms with Gasteiger partial charge in [-0.25, -0.2) is 0 Å². The summed E-state index contributed by atoms with van der Waals surface area (Å²) in [6.45, 7) is -0.170. The number of halogens is 3. The van der Waals surface area contributed by atoms with Crippen LogP contribution in [0.15, 0.2) is 30.3 Å². The molecule has 3 aromatic rings. The van der Waals surface area contributed by atoms with Crippen molar-refractivity contribution in [3.63, 3.8) is 0 Å². The van der Waals surface area contributed by atoms with Gasteiger partial charge in [-0.05, 0) is 23.6 Å². The van der Waals surface area contributed by atoms with Gasteiger partial charge in [-0.1, -0.05) is 47.5 Å². The predicted octanol–water partition coefficient (Wildman–Crippen LogP) is 3.13. The van der Waals surface area contributed by atoms with E-state index in [2.05, 4.69) is 10.3 Å². The summed E-state index contributed by atoms with van der Waals surface area (Å²) in [6.07, 6.45) is -0.730. The number of aromatic nitrogens is 1. The number of carbonyl (C=O) groups excluding carboxylic acids is 2. The Morgan fingerprint density at radius 3 is 2.77 bits per heavy atom. The van der Waals surface area contributed by atoms with Crippen LogP contribution in [0.2, 0.25) is 9.36 Å². The quantitative estimate of drug-likeness (QED) is 0.428. The zero-order chi connectivity index (χ0) is 21.6. The Labute approximate surface area is 198 Å². The summed E-state index contributed by atoms with van der Waals surface area (Å²) in [6, 6.07) is 8.62. The molecule has 0 saturated heterocycles. The number of aliphatic hydroxyl groups is 1. The molecular formula is C20H21Cl3N4O3S. The first kappa shape index (κ1) is 23.8. The van der Waals surface area contributed by atoms with Crippen molar-refractivity contribution >= 4 is 69.0 Å². The van der Waals surface area contributed by atoms with E-state index in [1.165, 1.54) is 16.2 Å². The van der Waals surface area contributed by atoms with Gasteiger partial charge in [0.05, 0.1) is 27.3 Å². The molecule has 2 heterocycles. The van der Waals surface area contributed by atoms with Crippen LogP contribution in [-0.2, 0) is 11.2 Å². The molecule has 4 rings (SSSR count). The van der Waals surface area contributed by atoms with E-state index in [1.54, 1.807) is 13.1 Å². The van der Waals surface area contributed by atoms with Crippen LogP contribution in [0.25, 0.3) is 10.2 Å². The predicted molar refractivity (Wildman–Crippen MR) is 125 cm³/mol. The Morgan fingerprint density at radius 2 is 2.10 bits per heavy atom. The summed E-state index contributed by atoms with van der Waals surface area (Å²) in [4.78, 5) is 30.0. The third kappa shape index (κ3) is 4.28. The minimum absolute atomic E-state index is 0. The van der Waals surface area contributed by atoms with Gasteiger partial charge in [-0.3, -0.25) is 9.59 Å². The Balaban J connectivity index is 0.00000272. The number of aliphatic hydroxyl groups excluding tert-OH is 1. The van der Waals surface area contributed by atoms with Gasteiger partial charge in [0.15, 0.2) is 0 Å². The van der Waals surface area contributed by atoms with Gasteiger partial charge < -0.3 is 26.0 Å². The van der Waals surface area contributed by atoms with Crippen LogP contribution in [0.1, 0.15) is 27.7 Å². The molecule has 0 spiro atoms. The molecule has 2 aromatic heterocycles. The van der Waals surface area contributed by atoms with E-state index >= 15 is 0 Å². The van der Waals surface area contributed by atoms with Gasteiger partial charge in [0.25, 0.3) is 11.8 Å². The third-order valence-corrected chi connectivity index (χ3v) is 7.33. The maximum Gasteiger partial charge on any atom is 0.268 e. The van der Waals surface area contributed by atoms with Crippen LogP contribution in [0.5, 0.6) is 0 Å². The number of hydrogen-bond donors (Lipinski definition) is 4. The average Bonchev–Trinajstić information content (AvgIpc) is 3.39. The van der Waals surface area contributed by atoms with Gasteiger partial charge in [-0.15, -0.1) is 23.7 Å². The van der Waals surface area contributed by atoms with Crippen LogP contribution in [0.3, 0.4) is 0 Å². The van der Waals surface area contributed by atoms with E-state index in [1.807, 2.05) is 24.3 Å². The zero-order valence-electron chi connectivity index (χ0n) is 16.4. The molecule has 1 aliphatic rings. The topological polar surface area (TPSA) is 111 Å². The summed E-state index contributed by atoms with van der Waals surface area (Å²) < 4.78 is 1.26. The van der Waals surface area contributed by atoms with E-state index in [0.717, 1.165) is 15.8 Å². The molecule has 2 amide bonds. The number of hydrogen-bond acceptors (Lipinski definition) is 5. The number of nitrogens with one attached hydrogen (secondary N) is 2. The Bertz CT molecular complexity index is 1130. The fraction of sp³-hybridized carbons (Fsp3) is 0.300. The van der Waals surface area contributed by atoms with Gasteiger partial charge >= 0.3 is 0 Å². The molecular weight excluding hydrogens is 483 g/mol. The first-order valence-corrected chi connectivity index (χ1v) is 10.9. The van der Waals surface area contributed by atoms with Crippen molar-refractivity contribution in [2.24, 2.45) is 5.73 Å². The maximum atomic E-state index is 13.0. The number of likely N-dealkylation sites (N-methyl/N-ethyl adjacent to an activating group) is 1. The highest BCUT2D eigenvalue weighted by atomic mass is 35.5. The molecule has 31 heavy (non-hydrogen) atoms. The third-order valence-electron chi connectivity index (χ3n) is 5.40.